The summed E-state index contributed by atoms with van der Waals surface area (Å²) in [5.74, 6) is 2.14. The monoisotopic (exact) mass is 305 g/mol. The van der Waals surface area contributed by atoms with Gasteiger partial charge in [0.1, 0.15) is 5.82 Å². The molecule has 2 atom stereocenters. The zero-order chi connectivity index (χ0) is 15.0. The molecule has 1 heterocycles. The Morgan fingerprint density at radius 1 is 1.14 bits per heavy atom. The second-order valence-electron chi connectivity index (χ2n) is 9.23. The molecular weight excluding hydrogens is 278 g/mol. The maximum atomic E-state index is 5.50. The molecule has 5 rings (SSSR count). The molecule has 1 N–H and O–H groups in total. The number of aromatic amines is 1. The molecule has 4 saturated carbocycles. The first-order chi connectivity index (χ1) is 9.74. The molecule has 0 saturated heterocycles. The Morgan fingerprint density at radius 2 is 1.76 bits per heavy atom. The first kappa shape index (κ1) is 14.0. The van der Waals surface area contributed by atoms with Gasteiger partial charge in [-0.15, -0.1) is 0 Å². The van der Waals surface area contributed by atoms with Gasteiger partial charge in [-0.1, -0.05) is 13.8 Å². The number of hydrogen-bond acceptors (Lipinski definition) is 2. The average molecular weight is 305 g/mol. The van der Waals surface area contributed by atoms with Crippen molar-refractivity contribution in [1.29, 1.82) is 0 Å². The molecule has 116 valence electrons. The summed E-state index contributed by atoms with van der Waals surface area (Å²) < 4.78 is 3.08. The van der Waals surface area contributed by atoms with Crippen molar-refractivity contribution >= 4 is 12.2 Å². The van der Waals surface area contributed by atoms with E-state index in [0.717, 1.165) is 10.7 Å². The summed E-state index contributed by atoms with van der Waals surface area (Å²) in [7, 11) is 0. The minimum absolute atomic E-state index is 0.265. The fraction of sp³-hybridized carbons (Fsp3) is 0.882. The van der Waals surface area contributed by atoms with Crippen molar-refractivity contribution in [3.8, 4) is 0 Å². The lowest BCUT2D eigenvalue weighted by Gasteiger charge is -2.65. The maximum absolute atomic E-state index is 5.50. The van der Waals surface area contributed by atoms with Crippen molar-refractivity contribution in [3.05, 3.63) is 10.6 Å². The van der Waals surface area contributed by atoms with Crippen molar-refractivity contribution in [2.45, 2.75) is 77.7 Å². The lowest BCUT2D eigenvalue weighted by molar-refractivity contribution is -0.113. The minimum Gasteiger partial charge on any atom is -0.301 e. The molecule has 1 aromatic heterocycles. The van der Waals surface area contributed by atoms with E-state index in [9.17, 15) is 0 Å². The van der Waals surface area contributed by atoms with E-state index in [0.29, 0.717) is 16.9 Å². The highest BCUT2D eigenvalue weighted by Crippen LogP contribution is 2.69. The average Bonchev–Trinajstić information content (AvgIpc) is 2.66. The fourth-order valence-electron chi connectivity index (χ4n) is 6.85. The van der Waals surface area contributed by atoms with Crippen LogP contribution in [0.25, 0.3) is 0 Å². The molecule has 4 bridgehead atoms. The molecule has 0 aromatic carbocycles. The minimum atomic E-state index is 0.265. The molecule has 21 heavy (non-hydrogen) atoms. The van der Waals surface area contributed by atoms with E-state index in [-0.39, 0.29) is 5.41 Å². The van der Waals surface area contributed by atoms with E-state index in [1.54, 1.807) is 0 Å². The maximum Gasteiger partial charge on any atom is 0.195 e. The number of H-pyrrole nitrogens is 1. The van der Waals surface area contributed by atoms with Crippen LogP contribution in [0, 0.1) is 21.5 Å². The largest absolute Gasteiger partial charge is 0.301 e. The zero-order valence-corrected chi connectivity index (χ0v) is 14.5. The summed E-state index contributed by atoms with van der Waals surface area (Å²) in [4.78, 5) is 0. The van der Waals surface area contributed by atoms with E-state index in [1.807, 2.05) is 0 Å². The van der Waals surface area contributed by atoms with Gasteiger partial charge in [0.05, 0.1) is 0 Å². The fourth-order valence-corrected chi connectivity index (χ4v) is 7.20. The second kappa shape index (κ2) is 4.01. The number of nitrogens with zero attached hydrogens (tertiary/aromatic N) is 2. The molecule has 4 heteroatoms. The molecule has 0 radical (unpaired) electrons. The topological polar surface area (TPSA) is 33.6 Å². The smallest absolute Gasteiger partial charge is 0.195 e. The molecule has 0 amide bonds. The quantitative estimate of drug-likeness (QED) is 0.799. The van der Waals surface area contributed by atoms with Gasteiger partial charge < -0.3 is 4.57 Å². The van der Waals surface area contributed by atoms with Crippen LogP contribution >= 0.6 is 12.2 Å². The first-order valence-corrected chi connectivity index (χ1v) is 8.83. The molecule has 0 aliphatic heterocycles. The third-order valence-corrected chi connectivity index (χ3v) is 6.61. The summed E-state index contributed by atoms with van der Waals surface area (Å²) in [6, 6.07) is 0.389. The van der Waals surface area contributed by atoms with Crippen molar-refractivity contribution < 1.29 is 0 Å². The van der Waals surface area contributed by atoms with Crippen molar-refractivity contribution in [1.82, 2.24) is 14.8 Å². The normalized spacial score (nSPS) is 44.7. The van der Waals surface area contributed by atoms with Crippen molar-refractivity contribution in [3.63, 3.8) is 0 Å². The Labute approximate surface area is 132 Å². The Hall–Kier alpha value is -0.640. The van der Waals surface area contributed by atoms with Gasteiger partial charge in [0, 0.05) is 11.5 Å². The van der Waals surface area contributed by atoms with E-state index in [1.165, 1.54) is 44.3 Å². The van der Waals surface area contributed by atoms with Crippen LogP contribution in [0.1, 0.15) is 78.1 Å². The number of rotatable bonds is 2. The summed E-state index contributed by atoms with van der Waals surface area (Å²) in [5, 5.41) is 7.82. The van der Waals surface area contributed by atoms with Crippen molar-refractivity contribution in [2.75, 3.05) is 0 Å². The highest BCUT2D eigenvalue weighted by molar-refractivity contribution is 7.71. The molecule has 0 spiro atoms. The summed E-state index contributed by atoms with van der Waals surface area (Å²) in [6.45, 7) is 9.48. The third kappa shape index (κ3) is 1.90. The highest BCUT2D eigenvalue weighted by atomic mass is 32.1. The SMILES string of the molecule is CC(C)n1c(C23CC4CC(C)(CC(C)(C4)C2)C3)n[nH]c1=S. The van der Waals surface area contributed by atoms with E-state index >= 15 is 0 Å². The van der Waals surface area contributed by atoms with Crippen LogP contribution in [-0.2, 0) is 5.41 Å². The van der Waals surface area contributed by atoms with E-state index < -0.39 is 0 Å². The molecule has 4 aliphatic rings. The van der Waals surface area contributed by atoms with Gasteiger partial charge in [0.2, 0.25) is 0 Å². The van der Waals surface area contributed by atoms with E-state index in [4.69, 9.17) is 17.3 Å². The van der Waals surface area contributed by atoms with Crippen LogP contribution in [0.5, 0.6) is 0 Å². The van der Waals surface area contributed by atoms with Crippen LogP contribution in [0.4, 0.5) is 0 Å². The Balaban J connectivity index is 1.87. The van der Waals surface area contributed by atoms with Gasteiger partial charge in [0.25, 0.3) is 0 Å². The molecule has 4 aliphatic carbocycles. The first-order valence-electron chi connectivity index (χ1n) is 8.42. The van der Waals surface area contributed by atoms with Gasteiger partial charge in [0.15, 0.2) is 4.77 Å². The van der Waals surface area contributed by atoms with Crippen LogP contribution < -0.4 is 0 Å². The van der Waals surface area contributed by atoms with Gasteiger partial charge in [-0.2, -0.15) is 5.10 Å². The summed E-state index contributed by atoms with van der Waals surface area (Å²) >= 11 is 5.50. The van der Waals surface area contributed by atoms with Crippen LogP contribution in [0.2, 0.25) is 0 Å². The lowest BCUT2D eigenvalue weighted by Crippen LogP contribution is -2.57. The second-order valence-corrected chi connectivity index (χ2v) is 9.61. The molecular formula is C17H27N3S. The van der Waals surface area contributed by atoms with Gasteiger partial charge in [-0.25, -0.2) is 0 Å². The lowest BCUT2D eigenvalue weighted by atomic mass is 9.40. The summed E-state index contributed by atoms with van der Waals surface area (Å²) in [5.41, 5.74) is 1.30. The Kier molecular flexibility index (Phi) is 2.67. The Bertz CT molecular complexity index is 623. The molecule has 2 unspecified atom stereocenters. The van der Waals surface area contributed by atoms with Crippen molar-refractivity contribution in [2.24, 2.45) is 16.7 Å². The summed E-state index contributed by atoms with van der Waals surface area (Å²) in [6.07, 6.45) is 8.20. The molecule has 1 aromatic rings. The van der Waals surface area contributed by atoms with Gasteiger partial charge in [-0.05, 0) is 81.3 Å². The van der Waals surface area contributed by atoms with Crippen LogP contribution in [-0.4, -0.2) is 14.8 Å². The number of aromatic nitrogens is 3. The Morgan fingerprint density at radius 3 is 2.29 bits per heavy atom. The predicted molar refractivity (Wildman–Crippen MR) is 86.9 cm³/mol. The standard InChI is InChI=1S/C17H27N3S/c1-11(2)20-13(18-19-14(20)21)17-7-12-5-15(3,9-17)8-16(4,6-12)10-17/h11-12H,5-10H2,1-4H3,(H,19,21). The molecule has 4 fully saturated rings. The van der Waals surface area contributed by atoms with E-state index in [2.05, 4.69) is 37.4 Å². The van der Waals surface area contributed by atoms with Gasteiger partial charge >= 0.3 is 0 Å². The number of nitrogens with one attached hydrogen (secondary N) is 1. The van der Waals surface area contributed by atoms with Crippen LogP contribution in [0.15, 0.2) is 0 Å². The van der Waals surface area contributed by atoms with Crippen LogP contribution in [0.3, 0.4) is 0 Å². The van der Waals surface area contributed by atoms with Gasteiger partial charge in [-0.3, -0.25) is 5.10 Å². The number of hydrogen-bond donors (Lipinski definition) is 1. The highest BCUT2D eigenvalue weighted by Gasteiger charge is 2.62. The third-order valence-electron chi connectivity index (χ3n) is 6.32. The predicted octanol–water partition coefficient (Wildman–Crippen LogP) is 4.77. The molecule has 3 nitrogen and oxygen atoms in total. The zero-order valence-electron chi connectivity index (χ0n) is 13.7.